The van der Waals surface area contributed by atoms with Crippen LogP contribution in [0.15, 0.2) is 18.2 Å². The van der Waals surface area contributed by atoms with Crippen LogP contribution < -0.4 is 4.74 Å². The van der Waals surface area contributed by atoms with Crippen LogP contribution in [0.1, 0.15) is 6.42 Å². The Morgan fingerprint density at radius 1 is 1.22 bits per heavy atom. The van der Waals surface area contributed by atoms with Crippen LogP contribution in [0.4, 0.5) is 13.2 Å². The minimum absolute atomic E-state index is 0.122. The predicted octanol–water partition coefficient (Wildman–Crippen LogP) is 2.64. The van der Waals surface area contributed by atoms with Gasteiger partial charge >= 0.3 is 0 Å². The van der Waals surface area contributed by atoms with Crippen molar-refractivity contribution in [3.05, 3.63) is 29.8 Å². The van der Waals surface area contributed by atoms with Gasteiger partial charge in [-0.2, -0.15) is 0 Å². The SMILES string of the molecule is FCC1CCN(CCOc2cc(F)cc(F)c2)C1. The van der Waals surface area contributed by atoms with Gasteiger partial charge in [0.2, 0.25) is 0 Å². The molecule has 0 N–H and O–H groups in total. The standard InChI is InChI=1S/C13H16F3NO/c14-8-10-1-2-17(9-10)3-4-18-13-6-11(15)5-12(16)7-13/h5-7,10H,1-4,8-9H2. The molecule has 2 nitrogen and oxygen atoms in total. The summed E-state index contributed by atoms with van der Waals surface area (Å²) in [7, 11) is 0. The van der Waals surface area contributed by atoms with Crippen molar-refractivity contribution >= 4 is 0 Å². The molecule has 0 aromatic heterocycles. The van der Waals surface area contributed by atoms with Crippen LogP contribution in [0, 0.1) is 17.6 Å². The molecule has 100 valence electrons. The molecule has 0 amide bonds. The fraction of sp³-hybridized carbons (Fsp3) is 0.538. The maximum atomic E-state index is 12.9. The van der Waals surface area contributed by atoms with Gasteiger partial charge in [0.15, 0.2) is 0 Å². The Labute approximate surface area is 104 Å². The van der Waals surface area contributed by atoms with E-state index in [1.165, 1.54) is 0 Å². The van der Waals surface area contributed by atoms with E-state index in [4.69, 9.17) is 4.74 Å². The number of halogens is 3. The van der Waals surface area contributed by atoms with Gasteiger partial charge in [0.25, 0.3) is 0 Å². The number of rotatable bonds is 5. The zero-order valence-corrected chi connectivity index (χ0v) is 10.0. The summed E-state index contributed by atoms with van der Waals surface area (Å²) in [5.74, 6) is -0.988. The van der Waals surface area contributed by atoms with Crippen molar-refractivity contribution in [1.82, 2.24) is 4.90 Å². The van der Waals surface area contributed by atoms with Gasteiger partial charge < -0.3 is 4.74 Å². The highest BCUT2D eigenvalue weighted by molar-refractivity contribution is 5.23. The van der Waals surface area contributed by atoms with Crippen molar-refractivity contribution in [3.8, 4) is 5.75 Å². The molecule has 1 aromatic carbocycles. The number of likely N-dealkylation sites (tertiary alicyclic amines) is 1. The molecule has 1 atom stereocenters. The lowest BCUT2D eigenvalue weighted by atomic mass is 10.1. The maximum absolute atomic E-state index is 12.9. The highest BCUT2D eigenvalue weighted by Gasteiger charge is 2.21. The first-order valence-corrected chi connectivity index (χ1v) is 6.04. The first-order chi connectivity index (χ1) is 8.67. The number of benzene rings is 1. The van der Waals surface area contributed by atoms with Gasteiger partial charge in [0.05, 0.1) is 6.67 Å². The summed E-state index contributed by atoms with van der Waals surface area (Å²) in [6.45, 7) is 2.30. The lowest BCUT2D eigenvalue weighted by Gasteiger charge is -2.15. The molecule has 0 radical (unpaired) electrons. The summed E-state index contributed by atoms with van der Waals surface area (Å²) >= 11 is 0. The van der Waals surface area contributed by atoms with Gasteiger partial charge in [-0.15, -0.1) is 0 Å². The minimum atomic E-state index is -0.649. The zero-order chi connectivity index (χ0) is 13.0. The lowest BCUT2D eigenvalue weighted by molar-refractivity contribution is 0.227. The second kappa shape index (κ2) is 6.09. The second-order valence-electron chi connectivity index (χ2n) is 4.56. The fourth-order valence-electron chi connectivity index (χ4n) is 2.15. The molecule has 0 bridgehead atoms. The van der Waals surface area contributed by atoms with Crippen LogP contribution >= 0.6 is 0 Å². The summed E-state index contributed by atoms with van der Waals surface area (Å²) in [5, 5.41) is 0. The first-order valence-electron chi connectivity index (χ1n) is 6.04. The molecular formula is C13H16F3NO. The van der Waals surface area contributed by atoms with Crippen molar-refractivity contribution in [2.75, 3.05) is 32.9 Å². The molecule has 18 heavy (non-hydrogen) atoms. The molecule has 1 heterocycles. The Bertz CT molecular complexity index is 380. The highest BCUT2D eigenvalue weighted by atomic mass is 19.1. The number of nitrogens with zero attached hydrogens (tertiary/aromatic N) is 1. The van der Waals surface area contributed by atoms with Gasteiger partial charge in [0, 0.05) is 37.2 Å². The lowest BCUT2D eigenvalue weighted by Crippen LogP contribution is -2.26. The monoisotopic (exact) mass is 259 g/mol. The Hall–Kier alpha value is -1.23. The van der Waals surface area contributed by atoms with E-state index in [2.05, 4.69) is 4.90 Å². The van der Waals surface area contributed by atoms with Crippen LogP contribution in [-0.4, -0.2) is 37.8 Å². The van der Waals surface area contributed by atoms with E-state index in [0.717, 1.165) is 37.7 Å². The summed E-state index contributed by atoms with van der Waals surface area (Å²) in [6, 6.07) is 3.11. The van der Waals surface area contributed by atoms with E-state index in [1.54, 1.807) is 0 Å². The van der Waals surface area contributed by atoms with Gasteiger partial charge in [-0.3, -0.25) is 9.29 Å². The number of alkyl halides is 1. The van der Waals surface area contributed by atoms with Crippen LogP contribution in [0.5, 0.6) is 5.75 Å². The molecular weight excluding hydrogens is 243 g/mol. The van der Waals surface area contributed by atoms with Crippen molar-refractivity contribution < 1.29 is 17.9 Å². The molecule has 5 heteroatoms. The summed E-state index contributed by atoms with van der Waals surface area (Å²) in [4.78, 5) is 2.10. The van der Waals surface area contributed by atoms with E-state index >= 15 is 0 Å². The van der Waals surface area contributed by atoms with E-state index in [-0.39, 0.29) is 18.3 Å². The van der Waals surface area contributed by atoms with Crippen LogP contribution in [0.3, 0.4) is 0 Å². The average molecular weight is 259 g/mol. The van der Waals surface area contributed by atoms with Gasteiger partial charge in [-0.1, -0.05) is 0 Å². The highest BCUT2D eigenvalue weighted by Crippen LogP contribution is 2.17. The molecule has 0 saturated carbocycles. The maximum Gasteiger partial charge on any atom is 0.129 e. The van der Waals surface area contributed by atoms with Crippen molar-refractivity contribution in [1.29, 1.82) is 0 Å². The molecule has 1 aliphatic heterocycles. The van der Waals surface area contributed by atoms with Crippen molar-refractivity contribution in [2.45, 2.75) is 6.42 Å². The molecule has 0 aliphatic carbocycles. The summed E-state index contributed by atoms with van der Waals surface area (Å²) < 4.78 is 43.5. The average Bonchev–Trinajstić information content (AvgIpc) is 2.76. The van der Waals surface area contributed by atoms with Crippen molar-refractivity contribution in [2.24, 2.45) is 5.92 Å². The van der Waals surface area contributed by atoms with E-state index in [0.29, 0.717) is 13.2 Å². The smallest absolute Gasteiger partial charge is 0.129 e. The summed E-state index contributed by atoms with van der Waals surface area (Å²) in [6.07, 6.45) is 0.866. The van der Waals surface area contributed by atoms with E-state index < -0.39 is 11.6 Å². The van der Waals surface area contributed by atoms with Crippen LogP contribution in [-0.2, 0) is 0 Å². The molecule has 0 spiro atoms. The number of ether oxygens (including phenoxy) is 1. The quantitative estimate of drug-likeness (QED) is 0.806. The zero-order valence-electron chi connectivity index (χ0n) is 10.0. The first kappa shape index (κ1) is 13.2. The molecule has 1 fully saturated rings. The fourth-order valence-corrected chi connectivity index (χ4v) is 2.15. The third kappa shape index (κ3) is 3.63. The second-order valence-corrected chi connectivity index (χ2v) is 4.56. The molecule has 2 rings (SSSR count). The van der Waals surface area contributed by atoms with Gasteiger partial charge in [-0.25, -0.2) is 8.78 Å². The minimum Gasteiger partial charge on any atom is -0.492 e. The Morgan fingerprint density at radius 3 is 2.56 bits per heavy atom. The topological polar surface area (TPSA) is 12.5 Å². The van der Waals surface area contributed by atoms with E-state index in [9.17, 15) is 13.2 Å². The van der Waals surface area contributed by atoms with Crippen LogP contribution in [0.2, 0.25) is 0 Å². The van der Waals surface area contributed by atoms with E-state index in [1.807, 2.05) is 0 Å². The number of hydrogen-bond donors (Lipinski definition) is 0. The molecule has 1 saturated heterocycles. The molecule has 1 aliphatic rings. The Balaban J connectivity index is 1.75. The normalized spacial score (nSPS) is 20.3. The molecule has 1 aromatic rings. The largest absolute Gasteiger partial charge is 0.492 e. The Kier molecular flexibility index (Phi) is 4.47. The van der Waals surface area contributed by atoms with Crippen molar-refractivity contribution in [3.63, 3.8) is 0 Å². The van der Waals surface area contributed by atoms with Gasteiger partial charge in [-0.05, 0) is 13.0 Å². The predicted molar refractivity (Wildman–Crippen MR) is 62.4 cm³/mol. The van der Waals surface area contributed by atoms with Gasteiger partial charge in [0.1, 0.15) is 24.0 Å². The Morgan fingerprint density at radius 2 is 1.94 bits per heavy atom. The van der Waals surface area contributed by atoms with Crippen LogP contribution in [0.25, 0.3) is 0 Å². The third-order valence-corrected chi connectivity index (χ3v) is 3.10. The third-order valence-electron chi connectivity index (χ3n) is 3.10. The molecule has 1 unspecified atom stereocenters. The number of hydrogen-bond acceptors (Lipinski definition) is 2. The summed E-state index contributed by atoms with van der Waals surface area (Å²) in [5.41, 5.74) is 0.